The molecule has 0 bridgehead atoms. The molecule has 1 atom stereocenters. The molecule has 1 fully saturated rings. The highest BCUT2D eigenvalue weighted by atomic mass is 32.1. The quantitative estimate of drug-likeness (QED) is 0.895. The average Bonchev–Trinajstić information content (AvgIpc) is 2.95. The van der Waals surface area contributed by atoms with Crippen molar-refractivity contribution in [2.24, 2.45) is 0 Å². The first-order valence-corrected chi connectivity index (χ1v) is 7.23. The molecule has 106 valence electrons. The molecule has 1 unspecified atom stereocenters. The Hall–Kier alpha value is -0.980. The van der Waals surface area contributed by atoms with Gasteiger partial charge in [-0.3, -0.25) is 4.79 Å². The van der Waals surface area contributed by atoms with Crippen LogP contribution < -0.4 is 5.32 Å². The zero-order chi connectivity index (χ0) is 13.9. The van der Waals surface area contributed by atoms with Crippen LogP contribution in [0.5, 0.6) is 0 Å². The van der Waals surface area contributed by atoms with Crippen molar-refractivity contribution in [1.29, 1.82) is 0 Å². The number of methoxy groups -OCH3 is 1. The predicted octanol–water partition coefficient (Wildman–Crippen LogP) is 1.78. The van der Waals surface area contributed by atoms with Crippen molar-refractivity contribution in [2.45, 2.75) is 45.4 Å². The summed E-state index contributed by atoms with van der Waals surface area (Å²) >= 11 is 1.58. The first-order valence-electron chi connectivity index (χ1n) is 6.41. The molecule has 1 aliphatic heterocycles. The van der Waals surface area contributed by atoms with Crippen molar-refractivity contribution in [2.75, 3.05) is 13.7 Å². The lowest BCUT2D eigenvalue weighted by atomic mass is 10.0. The third kappa shape index (κ3) is 3.32. The average molecular weight is 284 g/mol. The molecular weight excluding hydrogens is 264 g/mol. The number of nitrogens with zero attached hydrogens (tertiary/aromatic N) is 1. The molecule has 19 heavy (non-hydrogen) atoms. The van der Waals surface area contributed by atoms with E-state index in [0.717, 1.165) is 28.4 Å². The number of ether oxygens (including phenoxy) is 2. The van der Waals surface area contributed by atoms with E-state index in [0.29, 0.717) is 19.8 Å². The van der Waals surface area contributed by atoms with E-state index in [9.17, 15) is 4.79 Å². The van der Waals surface area contributed by atoms with Gasteiger partial charge in [0.2, 0.25) is 0 Å². The van der Waals surface area contributed by atoms with Gasteiger partial charge in [-0.05, 0) is 26.7 Å². The molecule has 6 heteroatoms. The van der Waals surface area contributed by atoms with E-state index < -0.39 is 5.60 Å². The Balaban J connectivity index is 1.93. The first kappa shape index (κ1) is 14.4. The van der Waals surface area contributed by atoms with E-state index in [1.807, 2.05) is 13.8 Å². The molecule has 1 aliphatic rings. The summed E-state index contributed by atoms with van der Waals surface area (Å²) in [4.78, 5) is 17.6. The van der Waals surface area contributed by atoms with Gasteiger partial charge >= 0.3 is 0 Å². The van der Waals surface area contributed by atoms with Gasteiger partial charge in [0.1, 0.15) is 10.6 Å². The maximum absolute atomic E-state index is 12.1. The van der Waals surface area contributed by atoms with Crippen molar-refractivity contribution in [1.82, 2.24) is 10.3 Å². The van der Waals surface area contributed by atoms with Crippen LogP contribution in [-0.4, -0.2) is 30.2 Å². The number of hydrogen-bond donors (Lipinski definition) is 1. The summed E-state index contributed by atoms with van der Waals surface area (Å²) in [5.74, 6) is -0.0360. The minimum atomic E-state index is -0.659. The SMILES string of the molecule is COCc1nc(C)c(CNC(=O)C2(C)CCCO2)s1. The van der Waals surface area contributed by atoms with E-state index in [1.165, 1.54) is 0 Å². The highest BCUT2D eigenvalue weighted by Crippen LogP contribution is 2.25. The summed E-state index contributed by atoms with van der Waals surface area (Å²) in [5.41, 5.74) is 0.295. The summed E-state index contributed by atoms with van der Waals surface area (Å²) in [6.07, 6.45) is 1.73. The molecule has 0 radical (unpaired) electrons. The van der Waals surface area contributed by atoms with Crippen molar-refractivity contribution in [3.8, 4) is 0 Å². The number of aromatic nitrogens is 1. The van der Waals surface area contributed by atoms with Gasteiger partial charge in [-0.1, -0.05) is 0 Å². The maximum atomic E-state index is 12.1. The second-order valence-electron chi connectivity index (χ2n) is 4.91. The second kappa shape index (κ2) is 5.98. The lowest BCUT2D eigenvalue weighted by molar-refractivity contribution is -0.139. The van der Waals surface area contributed by atoms with E-state index >= 15 is 0 Å². The molecule has 1 saturated heterocycles. The minimum absolute atomic E-state index is 0.0360. The number of thiazole rings is 1. The lowest BCUT2D eigenvalue weighted by Crippen LogP contribution is -2.43. The zero-order valence-corrected chi connectivity index (χ0v) is 12.4. The van der Waals surface area contributed by atoms with Crippen molar-refractivity contribution in [3.05, 3.63) is 15.6 Å². The first-order chi connectivity index (χ1) is 9.05. The van der Waals surface area contributed by atoms with Gasteiger partial charge in [0.15, 0.2) is 0 Å². The van der Waals surface area contributed by atoms with E-state index in [1.54, 1.807) is 18.4 Å². The minimum Gasteiger partial charge on any atom is -0.378 e. The van der Waals surface area contributed by atoms with Crippen LogP contribution in [-0.2, 0) is 27.4 Å². The molecule has 1 amide bonds. The molecule has 2 heterocycles. The Morgan fingerprint density at radius 3 is 3.05 bits per heavy atom. The number of hydrogen-bond acceptors (Lipinski definition) is 5. The van der Waals surface area contributed by atoms with E-state index in [-0.39, 0.29) is 5.91 Å². The highest BCUT2D eigenvalue weighted by Gasteiger charge is 2.37. The standard InChI is InChI=1S/C13H20N2O3S/c1-9-10(19-11(15-9)8-17-3)7-14-12(16)13(2)5-4-6-18-13/h4-8H2,1-3H3,(H,14,16). The molecule has 5 nitrogen and oxygen atoms in total. The molecule has 1 N–H and O–H groups in total. The van der Waals surface area contributed by atoms with Crippen LogP contribution in [0.4, 0.5) is 0 Å². The maximum Gasteiger partial charge on any atom is 0.252 e. The van der Waals surface area contributed by atoms with Crippen molar-refractivity contribution in [3.63, 3.8) is 0 Å². The van der Waals surface area contributed by atoms with Crippen molar-refractivity contribution < 1.29 is 14.3 Å². The smallest absolute Gasteiger partial charge is 0.252 e. The van der Waals surface area contributed by atoms with Crippen LogP contribution in [0.2, 0.25) is 0 Å². The molecule has 0 aromatic carbocycles. The molecule has 0 spiro atoms. The Morgan fingerprint density at radius 2 is 2.42 bits per heavy atom. The summed E-state index contributed by atoms with van der Waals surface area (Å²) in [7, 11) is 1.65. The Labute approximate surface area is 117 Å². The summed E-state index contributed by atoms with van der Waals surface area (Å²) in [6, 6.07) is 0. The van der Waals surface area contributed by atoms with Crippen LogP contribution in [0.25, 0.3) is 0 Å². The van der Waals surface area contributed by atoms with Gasteiger partial charge in [0.05, 0.1) is 18.8 Å². The topological polar surface area (TPSA) is 60.5 Å². The van der Waals surface area contributed by atoms with E-state index in [4.69, 9.17) is 9.47 Å². The molecule has 1 aromatic rings. The van der Waals surface area contributed by atoms with Gasteiger partial charge in [0.25, 0.3) is 5.91 Å². The second-order valence-corrected chi connectivity index (χ2v) is 6.08. The normalized spacial score (nSPS) is 22.7. The van der Waals surface area contributed by atoms with Crippen LogP contribution in [0, 0.1) is 6.92 Å². The fraction of sp³-hybridized carbons (Fsp3) is 0.692. The van der Waals surface area contributed by atoms with Gasteiger partial charge in [0, 0.05) is 18.6 Å². The molecule has 2 rings (SSSR count). The Kier molecular flexibility index (Phi) is 4.54. The van der Waals surface area contributed by atoms with E-state index in [2.05, 4.69) is 10.3 Å². The number of carbonyl (C=O) groups is 1. The number of rotatable bonds is 5. The molecular formula is C13H20N2O3S. The van der Waals surface area contributed by atoms with Gasteiger partial charge in [-0.15, -0.1) is 11.3 Å². The third-order valence-corrected chi connectivity index (χ3v) is 4.44. The van der Waals surface area contributed by atoms with Crippen LogP contribution >= 0.6 is 11.3 Å². The fourth-order valence-corrected chi connectivity index (χ4v) is 3.12. The largest absolute Gasteiger partial charge is 0.378 e. The number of carbonyl (C=O) groups excluding carboxylic acids is 1. The predicted molar refractivity (Wildman–Crippen MR) is 73.0 cm³/mol. The van der Waals surface area contributed by atoms with Crippen LogP contribution in [0.15, 0.2) is 0 Å². The van der Waals surface area contributed by atoms with Gasteiger partial charge < -0.3 is 14.8 Å². The third-order valence-electron chi connectivity index (χ3n) is 3.31. The lowest BCUT2D eigenvalue weighted by Gasteiger charge is -2.21. The van der Waals surface area contributed by atoms with Crippen LogP contribution in [0.1, 0.15) is 35.3 Å². The number of nitrogens with one attached hydrogen (secondary N) is 1. The molecule has 0 saturated carbocycles. The zero-order valence-electron chi connectivity index (χ0n) is 11.6. The monoisotopic (exact) mass is 284 g/mol. The van der Waals surface area contributed by atoms with Gasteiger partial charge in [-0.25, -0.2) is 4.98 Å². The Morgan fingerprint density at radius 1 is 1.63 bits per heavy atom. The fourth-order valence-electron chi connectivity index (χ4n) is 2.14. The van der Waals surface area contributed by atoms with Crippen molar-refractivity contribution >= 4 is 17.2 Å². The van der Waals surface area contributed by atoms with Gasteiger partial charge in [-0.2, -0.15) is 0 Å². The highest BCUT2D eigenvalue weighted by molar-refractivity contribution is 7.11. The number of aryl methyl sites for hydroxylation is 1. The summed E-state index contributed by atoms with van der Waals surface area (Å²) < 4.78 is 10.6. The molecule has 0 aliphatic carbocycles. The number of amides is 1. The summed E-state index contributed by atoms with van der Waals surface area (Å²) in [6.45, 7) is 5.49. The summed E-state index contributed by atoms with van der Waals surface area (Å²) in [5, 5.41) is 3.88. The molecule has 1 aromatic heterocycles. The van der Waals surface area contributed by atoms with Crippen LogP contribution in [0.3, 0.4) is 0 Å². The Bertz CT molecular complexity index is 453.